The molecule has 3 rings (SSSR count). The molecule has 0 aliphatic carbocycles. The highest BCUT2D eigenvalue weighted by atomic mass is 32.2. The van der Waals surface area contributed by atoms with Crippen LogP contribution in [-0.2, 0) is 19.9 Å². The lowest BCUT2D eigenvalue weighted by atomic mass is 10.2. The van der Waals surface area contributed by atoms with Crippen molar-refractivity contribution in [2.45, 2.75) is 24.8 Å². The minimum Gasteiger partial charge on any atom is -0.258 e. The van der Waals surface area contributed by atoms with Crippen molar-refractivity contribution >= 4 is 25.5 Å². The second kappa shape index (κ2) is 6.31. The van der Waals surface area contributed by atoms with Crippen molar-refractivity contribution in [3.63, 3.8) is 0 Å². The Bertz CT molecular complexity index is 1030. The number of benzene rings is 2. The maximum Gasteiger partial charge on any atom is 0.265 e. The zero-order valence-electron chi connectivity index (χ0n) is 14.0. The molecule has 5 nitrogen and oxygen atoms in total. The molecule has 0 N–H and O–H groups in total. The van der Waals surface area contributed by atoms with Gasteiger partial charge in [0.1, 0.15) is 0 Å². The van der Waals surface area contributed by atoms with Gasteiger partial charge in [-0.05, 0) is 49.2 Å². The third kappa shape index (κ3) is 3.48. The second-order valence-corrected chi connectivity index (χ2v) is 9.85. The van der Waals surface area contributed by atoms with E-state index in [0.29, 0.717) is 11.3 Å². The molecule has 2 aromatic carbocycles. The minimum absolute atomic E-state index is 0.189. The summed E-state index contributed by atoms with van der Waals surface area (Å²) in [6.07, 6.45) is 1.44. The van der Waals surface area contributed by atoms with Crippen molar-refractivity contribution in [1.82, 2.24) is 0 Å². The molecule has 1 aliphatic rings. The number of hydrogen-bond donors (Lipinski definition) is 0. The number of sulfone groups is 1. The fraction of sp³-hybridized carbons (Fsp3) is 0.222. The van der Waals surface area contributed by atoms with Crippen LogP contribution in [0.2, 0.25) is 0 Å². The highest BCUT2D eigenvalue weighted by molar-refractivity contribution is 7.95. The predicted molar refractivity (Wildman–Crippen MR) is 98.7 cm³/mol. The standard InChI is InChI=1S/C18H19NO4S2/c1-14-8-9-15(2)18(12-14)25(22,23)19(16-6-4-3-5-7-16)17-10-11-24(20,21)13-17/h3-12,17H,13H2,1-2H3/t17-/m0/s1. The van der Waals surface area contributed by atoms with Crippen LogP contribution in [0.5, 0.6) is 0 Å². The van der Waals surface area contributed by atoms with Gasteiger partial charge >= 0.3 is 0 Å². The molecule has 7 heteroatoms. The van der Waals surface area contributed by atoms with Gasteiger partial charge in [-0.2, -0.15) is 0 Å². The van der Waals surface area contributed by atoms with Crippen LogP contribution in [0, 0.1) is 13.8 Å². The molecule has 0 radical (unpaired) electrons. The Morgan fingerprint density at radius 2 is 1.72 bits per heavy atom. The van der Waals surface area contributed by atoms with Gasteiger partial charge in [0.15, 0.2) is 9.84 Å². The van der Waals surface area contributed by atoms with E-state index in [2.05, 4.69) is 0 Å². The number of aryl methyl sites for hydroxylation is 2. The first-order valence-corrected chi connectivity index (χ1v) is 10.9. The van der Waals surface area contributed by atoms with Gasteiger partial charge in [0.05, 0.1) is 22.4 Å². The monoisotopic (exact) mass is 377 g/mol. The van der Waals surface area contributed by atoms with Crippen molar-refractivity contribution in [2.75, 3.05) is 10.1 Å². The summed E-state index contributed by atoms with van der Waals surface area (Å²) in [7, 11) is -7.32. The maximum absolute atomic E-state index is 13.4. The molecule has 1 heterocycles. The summed E-state index contributed by atoms with van der Waals surface area (Å²) in [5.74, 6) is -0.258. The first-order valence-electron chi connectivity index (χ1n) is 7.78. The molecule has 25 heavy (non-hydrogen) atoms. The Labute approximate surface area is 148 Å². The molecule has 0 saturated heterocycles. The molecule has 132 valence electrons. The van der Waals surface area contributed by atoms with E-state index in [1.54, 1.807) is 49.4 Å². The van der Waals surface area contributed by atoms with E-state index >= 15 is 0 Å². The van der Waals surface area contributed by atoms with Crippen LogP contribution >= 0.6 is 0 Å². The van der Waals surface area contributed by atoms with Gasteiger partial charge in [0.25, 0.3) is 10.0 Å². The van der Waals surface area contributed by atoms with Crippen LogP contribution in [0.4, 0.5) is 5.69 Å². The quantitative estimate of drug-likeness (QED) is 0.821. The molecule has 0 unspecified atom stereocenters. The first kappa shape index (κ1) is 17.7. The second-order valence-electron chi connectivity index (χ2n) is 6.13. The van der Waals surface area contributed by atoms with Crippen molar-refractivity contribution < 1.29 is 16.8 Å². The van der Waals surface area contributed by atoms with E-state index in [0.717, 1.165) is 11.0 Å². The molecule has 0 bridgehead atoms. The van der Waals surface area contributed by atoms with Crippen LogP contribution in [0.25, 0.3) is 0 Å². The number of rotatable bonds is 4. The van der Waals surface area contributed by atoms with Gasteiger partial charge in [0.2, 0.25) is 0 Å². The maximum atomic E-state index is 13.4. The van der Waals surface area contributed by atoms with Crippen LogP contribution in [0.3, 0.4) is 0 Å². The summed E-state index contributed by atoms with van der Waals surface area (Å²) in [5.41, 5.74) is 1.89. The van der Waals surface area contributed by atoms with E-state index in [4.69, 9.17) is 0 Å². The summed E-state index contributed by atoms with van der Waals surface area (Å²) in [5, 5.41) is 1.09. The summed E-state index contributed by atoms with van der Waals surface area (Å²) in [6.45, 7) is 3.56. The summed E-state index contributed by atoms with van der Waals surface area (Å²) < 4.78 is 51.7. The van der Waals surface area contributed by atoms with Crippen molar-refractivity contribution in [1.29, 1.82) is 0 Å². The molecule has 1 aliphatic heterocycles. The number of sulfonamides is 1. The lowest BCUT2D eigenvalue weighted by Gasteiger charge is -2.29. The van der Waals surface area contributed by atoms with Gasteiger partial charge in [-0.15, -0.1) is 0 Å². The third-order valence-electron chi connectivity index (χ3n) is 4.10. The van der Waals surface area contributed by atoms with Gasteiger partial charge < -0.3 is 0 Å². The first-order chi connectivity index (χ1) is 11.7. The minimum atomic E-state index is -3.92. The number of anilines is 1. The molecule has 2 aromatic rings. The van der Waals surface area contributed by atoms with E-state index in [1.807, 2.05) is 13.0 Å². The normalized spacial score (nSPS) is 19.0. The Balaban J connectivity index is 2.18. The fourth-order valence-electron chi connectivity index (χ4n) is 2.88. The average molecular weight is 377 g/mol. The number of para-hydroxylation sites is 1. The highest BCUT2D eigenvalue weighted by Gasteiger charge is 2.36. The Hall–Kier alpha value is -2.12. The summed E-state index contributed by atoms with van der Waals surface area (Å²) >= 11 is 0. The van der Waals surface area contributed by atoms with E-state index < -0.39 is 25.9 Å². The van der Waals surface area contributed by atoms with Gasteiger partial charge in [-0.1, -0.05) is 30.3 Å². The molecule has 0 fully saturated rings. The molecular formula is C18H19NO4S2. The molecule has 1 atom stereocenters. The van der Waals surface area contributed by atoms with Crippen LogP contribution in [0.1, 0.15) is 11.1 Å². The van der Waals surface area contributed by atoms with E-state index in [9.17, 15) is 16.8 Å². The summed E-state index contributed by atoms with van der Waals surface area (Å²) in [4.78, 5) is 0.189. The van der Waals surface area contributed by atoms with Crippen LogP contribution < -0.4 is 4.31 Å². The van der Waals surface area contributed by atoms with Crippen LogP contribution in [-0.4, -0.2) is 28.6 Å². The smallest absolute Gasteiger partial charge is 0.258 e. The van der Waals surface area contributed by atoms with Crippen LogP contribution in [0.15, 0.2) is 64.9 Å². The lowest BCUT2D eigenvalue weighted by Crippen LogP contribution is -2.41. The molecule has 0 saturated carbocycles. The Kier molecular flexibility index (Phi) is 4.47. The fourth-order valence-corrected chi connectivity index (χ4v) is 6.16. The van der Waals surface area contributed by atoms with Crippen molar-refractivity contribution in [2.24, 2.45) is 0 Å². The van der Waals surface area contributed by atoms with E-state index in [-0.39, 0.29) is 10.6 Å². The average Bonchev–Trinajstić information content (AvgIpc) is 2.90. The SMILES string of the molecule is Cc1ccc(C)c(S(=O)(=O)N(c2ccccc2)[C@H]2C=CS(=O)(=O)C2)c1. The molecule has 0 amide bonds. The highest BCUT2D eigenvalue weighted by Crippen LogP contribution is 2.31. The molecule has 0 spiro atoms. The van der Waals surface area contributed by atoms with E-state index in [1.165, 1.54) is 10.4 Å². The Morgan fingerprint density at radius 3 is 2.32 bits per heavy atom. The topological polar surface area (TPSA) is 71.5 Å². The number of nitrogens with zero attached hydrogens (tertiary/aromatic N) is 1. The van der Waals surface area contributed by atoms with Gasteiger partial charge in [0, 0.05) is 5.41 Å². The summed E-state index contributed by atoms with van der Waals surface area (Å²) in [6, 6.07) is 13.0. The van der Waals surface area contributed by atoms with Gasteiger partial charge in [-0.25, -0.2) is 16.8 Å². The third-order valence-corrected chi connectivity index (χ3v) is 7.48. The predicted octanol–water partition coefficient (Wildman–Crippen LogP) is 2.81. The molecular weight excluding hydrogens is 358 g/mol. The van der Waals surface area contributed by atoms with Gasteiger partial charge in [-0.3, -0.25) is 4.31 Å². The largest absolute Gasteiger partial charge is 0.265 e. The van der Waals surface area contributed by atoms with Crippen molar-refractivity contribution in [3.05, 3.63) is 71.1 Å². The number of hydrogen-bond acceptors (Lipinski definition) is 4. The van der Waals surface area contributed by atoms with Crippen molar-refractivity contribution in [3.8, 4) is 0 Å². The Morgan fingerprint density at radius 1 is 1.04 bits per heavy atom. The zero-order valence-corrected chi connectivity index (χ0v) is 15.6. The lowest BCUT2D eigenvalue weighted by molar-refractivity contribution is 0.585. The molecule has 0 aromatic heterocycles. The zero-order chi connectivity index (χ0) is 18.2.